The number of aryl methyl sites for hydroxylation is 1. The molecule has 0 saturated heterocycles. The fraction of sp³-hybridized carbons (Fsp3) is 0.467. The van der Waals surface area contributed by atoms with E-state index in [1.807, 2.05) is 6.07 Å². The highest BCUT2D eigenvalue weighted by Gasteiger charge is 2.43. The number of benzene rings is 1. The van der Waals surface area contributed by atoms with Crippen LogP contribution < -0.4 is 20.9 Å². The highest BCUT2D eigenvalue weighted by atomic mass is 16.6. The lowest BCUT2D eigenvalue weighted by atomic mass is 9.81. The Labute approximate surface area is 123 Å². The predicted octanol–water partition coefficient (Wildman–Crippen LogP) is 1.10. The Morgan fingerprint density at radius 3 is 2.52 bits per heavy atom. The SMILES string of the molecule is CC(N)(N)C(C)(C)C(=O)Oc1cccc2c1OC(=O)CC2. The second-order valence-corrected chi connectivity index (χ2v) is 6.02. The first-order chi connectivity index (χ1) is 9.63. The van der Waals surface area contributed by atoms with Crippen LogP contribution in [0, 0.1) is 5.41 Å². The van der Waals surface area contributed by atoms with Gasteiger partial charge in [0.2, 0.25) is 0 Å². The molecule has 0 fully saturated rings. The van der Waals surface area contributed by atoms with Crippen molar-refractivity contribution in [3.8, 4) is 11.5 Å². The molecule has 2 rings (SSSR count). The van der Waals surface area contributed by atoms with Gasteiger partial charge in [0.25, 0.3) is 0 Å². The number of hydrogen-bond donors (Lipinski definition) is 2. The average Bonchev–Trinajstić information content (AvgIpc) is 2.38. The van der Waals surface area contributed by atoms with Crippen molar-refractivity contribution in [1.82, 2.24) is 0 Å². The van der Waals surface area contributed by atoms with Crippen LogP contribution in [0.2, 0.25) is 0 Å². The number of esters is 2. The molecule has 0 amide bonds. The maximum absolute atomic E-state index is 12.3. The zero-order valence-corrected chi connectivity index (χ0v) is 12.4. The van der Waals surface area contributed by atoms with Crippen molar-refractivity contribution < 1.29 is 19.1 Å². The number of carbonyl (C=O) groups is 2. The smallest absolute Gasteiger partial charge is 0.320 e. The average molecular weight is 292 g/mol. The van der Waals surface area contributed by atoms with Crippen LogP contribution in [0.15, 0.2) is 18.2 Å². The minimum atomic E-state index is -1.24. The third-order valence-electron chi connectivity index (χ3n) is 3.93. The maximum Gasteiger partial charge on any atom is 0.320 e. The molecule has 114 valence electrons. The van der Waals surface area contributed by atoms with Crippen LogP contribution in [-0.2, 0) is 16.0 Å². The quantitative estimate of drug-likeness (QED) is 0.491. The van der Waals surface area contributed by atoms with Gasteiger partial charge in [0.1, 0.15) is 0 Å². The third kappa shape index (κ3) is 2.91. The molecule has 1 aromatic rings. The number of hydrogen-bond acceptors (Lipinski definition) is 6. The van der Waals surface area contributed by atoms with E-state index >= 15 is 0 Å². The lowest BCUT2D eigenvalue weighted by Crippen LogP contribution is -2.61. The van der Waals surface area contributed by atoms with Gasteiger partial charge in [-0.3, -0.25) is 9.59 Å². The normalized spacial score (nSPS) is 15.2. The second-order valence-electron chi connectivity index (χ2n) is 6.02. The van der Waals surface area contributed by atoms with Crippen LogP contribution in [0.3, 0.4) is 0 Å². The Kier molecular flexibility index (Phi) is 3.78. The van der Waals surface area contributed by atoms with Crippen LogP contribution in [0.25, 0.3) is 0 Å². The number of fused-ring (bicyclic) bond motifs is 1. The van der Waals surface area contributed by atoms with E-state index in [2.05, 4.69) is 0 Å². The fourth-order valence-electron chi connectivity index (χ4n) is 1.80. The molecule has 0 unspecified atom stereocenters. The summed E-state index contributed by atoms with van der Waals surface area (Å²) >= 11 is 0. The fourth-order valence-corrected chi connectivity index (χ4v) is 1.80. The highest BCUT2D eigenvalue weighted by molar-refractivity contribution is 5.82. The Hall–Kier alpha value is -1.92. The number of carbonyl (C=O) groups excluding carboxylic acids is 2. The lowest BCUT2D eigenvalue weighted by Gasteiger charge is -2.35. The van der Waals surface area contributed by atoms with Crippen molar-refractivity contribution in [2.75, 3.05) is 0 Å². The van der Waals surface area contributed by atoms with E-state index < -0.39 is 17.0 Å². The van der Waals surface area contributed by atoms with Crippen LogP contribution >= 0.6 is 0 Å². The molecule has 21 heavy (non-hydrogen) atoms. The van der Waals surface area contributed by atoms with E-state index in [0.29, 0.717) is 18.6 Å². The van der Waals surface area contributed by atoms with Gasteiger partial charge in [0, 0.05) is 0 Å². The van der Waals surface area contributed by atoms with Crippen molar-refractivity contribution in [3.63, 3.8) is 0 Å². The highest BCUT2D eigenvalue weighted by Crippen LogP contribution is 2.37. The molecule has 0 bridgehead atoms. The molecule has 1 aliphatic heterocycles. The van der Waals surface area contributed by atoms with Gasteiger partial charge in [-0.1, -0.05) is 12.1 Å². The zero-order chi connectivity index (χ0) is 15.8. The Bertz CT molecular complexity index is 588. The van der Waals surface area contributed by atoms with E-state index in [9.17, 15) is 9.59 Å². The molecular formula is C15H20N2O4. The summed E-state index contributed by atoms with van der Waals surface area (Å²) in [7, 11) is 0. The standard InChI is InChI=1S/C15H20N2O4/c1-14(2,15(3,16)17)13(19)20-10-6-4-5-9-7-8-11(18)21-12(9)10/h4-6H,7-8,16-17H2,1-3H3. The van der Waals surface area contributed by atoms with Crippen LogP contribution in [0.5, 0.6) is 11.5 Å². The van der Waals surface area contributed by atoms with Gasteiger partial charge in [-0.05, 0) is 38.8 Å². The summed E-state index contributed by atoms with van der Waals surface area (Å²) in [4.78, 5) is 23.7. The van der Waals surface area contributed by atoms with Gasteiger partial charge in [0.05, 0.1) is 17.5 Å². The number of rotatable bonds is 3. The van der Waals surface area contributed by atoms with Gasteiger partial charge in [-0.15, -0.1) is 0 Å². The maximum atomic E-state index is 12.3. The first-order valence-corrected chi connectivity index (χ1v) is 6.75. The largest absolute Gasteiger partial charge is 0.422 e. The minimum Gasteiger partial charge on any atom is -0.422 e. The van der Waals surface area contributed by atoms with Crippen molar-refractivity contribution in [3.05, 3.63) is 23.8 Å². The molecule has 0 spiro atoms. The summed E-state index contributed by atoms with van der Waals surface area (Å²) < 4.78 is 10.6. The Morgan fingerprint density at radius 2 is 1.90 bits per heavy atom. The summed E-state index contributed by atoms with van der Waals surface area (Å²) in [6.07, 6.45) is 0.883. The molecule has 0 aromatic heterocycles. The van der Waals surface area contributed by atoms with Crippen molar-refractivity contribution in [1.29, 1.82) is 0 Å². The monoisotopic (exact) mass is 292 g/mol. The number of ether oxygens (including phenoxy) is 2. The van der Waals surface area contributed by atoms with Gasteiger partial charge < -0.3 is 20.9 Å². The molecule has 6 heteroatoms. The Morgan fingerprint density at radius 1 is 1.24 bits per heavy atom. The van der Waals surface area contributed by atoms with Crippen LogP contribution in [0.1, 0.15) is 32.8 Å². The van der Waals surface area contributed by atoms with E-state index in [1.165, 1.54) is 0 Å². The zero-order valence-electron chi connectivity index (χ0n) is 12.4. The Balaban J connectivity index is 2.29. The van der Waals surface area contributed by atoms with Gasteiger partial charge in [0.15, 0.2) is 11.5 Å². The molecule has 1 aromatic carbocycles. The molecule has 1 heterocycles. The predicted molar refractivity (Wildman–Crippen MR) is 76.6 cm³/mol. The molecule has 1 aliphatic rings. The van der Waals surface area contributed by atoms with E-state index in [4.69, 9.17) is 20.9 Å². The number of para-hydroxylation sites is 1. The van der Waals surface area contributed by atoms with Gasteiger partial charge in [-0.2, -0.15) is 0 Å². The summed E-state index contributed by atoms with van der Waals surface area (Å²) in [5, 5.41) is 0. The molecule has 0 aliphatic carbocycles. The third-order valence-corrected chi connectivity index (χ3v) is 3.93. The van der Waals surface area contributed by atoms with Crippen molar-refractivity contribution >= 4 is 11.9 Å². The van der Waals surface area contributed by atoms with Gasteiger partial charge in [-0.25, -0.2) is 0 Å². The van der Waals surface area contributed by atoms with Crippen LogP contribution in [-0.4, -0.2) is 17.6 Å². The number of nitrogens with two attached hydrogens (primary N) is 2. The topological polar surface area (TPSA) is 105 Å². The van der Waals surface area contributed by atoms with Crippen LogP contribution in [0.4, 0.5) is 0 Å². The van der Waals surface area contributed by atoms with E-state index in [1.54, 1.807) is 32.9 Å². The molecule has 4 N–H and O–H groups in total. The molecule has 0 atom stereocenters. The summed E-state index contributed by atoms with van der Waals surface area (Å²) in [5.74, 6) is -0.408. The first kappa shape index (κ1) is 15.5. The summed E-state index contributed by atoms with van der Waals surface area (Å²) in [6, 6.07) is 5.16. The van der Waals surface area contributed by atoms with E-state index in [0.717, 1.165) is 5.56 Å². The first-order valence-electron chi connectivity index (χ1n) is 6.75. The molecule has 0 radical (unpaired) electrons. The van der Waals surface area contributed by atoms with E-state index in [-0.39, 0.29) is 11.7 Å². The molecular weight excluding hydrogens is 272 g/mol. The summed E-state index contributed by atoms with van der Waals surface area (Å²) in [6.45, 7) is 4.77. The van der Waals surface area contributed by atoms with Gasteiger partial charge >= 0.3 is 11.9 Å². The molecule has 6 nitrogen and oxygen atoms in total. The second kappa shape index (κ2) is 5.13. The minimum absolute atomic E-state index is 0.211. The van der Waals surface area contributed by atoms with Crippen molar-refractivity contribution in [2.45, 2.75) is 39.3 Å². The summed E-state index contributed by atoms with van der Waals surface area (Å²) in [5.41, 5.74) is 10.1. The lowest BCUT2D eigenvalue weighted by molar-refractivity contribution is -0.148. The molecule has 0 saturated carbocycles. The van der Waals surface area contributed by atoms with Crippen molar-refractivity contribution in [2.24, 2.45) is 16.9 Å².